The normalized spacial score (nSPS) is 20.9. The number of aryl methyl sites for hydroxylation is 1. The number of carbonyl (C=O) groups excluding carboxylic acids is 1. The average molecular weight is 303 g/mol. The molecule has 22 heavy (non-hydrogen) atoms. The Kier molecular flexibility index (Phi) is 5.98. The fourth-order valence-electron chi connectivity index (χ4n) is 3.11. The number of nitrogens with one attached hydrogen (secondary N) is 1. The Bertz CT molecular complexity index is 484. The van der Waals surface area contributed by atoms with Crippen LogP contribution >= 0.6 is 0 Å². The molecule has 1 N–H and O–H groups in total. The molecule has 1 amide bonds. The van der Waals surface area contributed by atoms with E-state index >= 15 is 0 Å². The highest BCUT2D eigenvalue weighted by Gasteiger charge is 2.24. The van der Waals surface area contributed by atoms with Crippen molar-refractivity contribution in [3.8, 4) is 0 Å². The van der Waals surface area contributed by atoms with Crippen molar-refractivity contribution in [1.29, 1.82) is 0 Å². The summed E-state index contributed by atoms with van der Waals surface area (Å²) >= 11 is 0. The minimum absolute atomic E-state index is 0.139. The lowest BCUT2D eigenvalue weighted by atomic mass is 9.97. The molecule has 2 unspecified atom stereocenters. The average Bonchev–Trinajstić information content (AvgIpc) is 2.48. The predicted octanol–water partition coefficient (Wildman–Crippen LogP) is 2.06. The van der Waals surface area contributed by atoms with E-state index < -0.39 is 0 Å². The van der Waals surface area contributed by atoms with Crippen LogP contribution < -0.4 is 5.32 Å². The summed E-state index contributed by atoms with van der Waals surface area (Å²) in [6.45, 7) is 4.74. The second-order valence-electron chi connectivity index (χ2n) is 6.74. The maximum Gasteiger partial charge on any atom is 0.224 e. The Morgan fingerprint density at radius 2 is 2.05 bits per heavy atom. The number of benzene rings is 1. The Morgan fingerprint density at radius 3 is 2.64 bits per heavy atom. The highest BCUT2D eigenvalue weighted by atomic mass is 16.1. The molecule has 1 saturated heterocycles. The molecule has 122 valence electrons. The molecule has 1 aromatic rings. The molecule has 1 aromatic carbocycles. The van der Waals surface area contributed by atoms with Crippen molar-refractivity contribution in [2.45, 2.75) is 25.8 Å². The number of nitrogens with zero attached hydrogens (tertiary/aromatic N) is 2. The summed E-state index contributed by atoms with van der Waals surface area (Å²) < 4.78 is 0. The van der Waals surface area contributed by atoms with E-state index in [1.54, 1.807) is 0 Å². The molecule has 0 bridgehead atoms. The van der Waals surface area contributed by atoms with Crippen LogP contribution in [-0.2, 0) is 4.79 Å². The van der Waals surface area contributed by atoms with Gasteiger partial charge in [-0.05, 0) is 53.0 Å². The minimum atomic E-state index is 0.139. The monoisotopic (exact) mass is 303 g/mol. The van der Waals surface area contributed by atoms with Crippen LogP contribution in [0.2, 0.25) is 0 Å². The van der Waals surface area contributed by atoms with Crippen LogP contribution in [0.4, 0.5) is 0 Å². The molecular formula is C18H29N3O. The van der Waals surface area contributed by atoms with Crippen LogP contribution in [0, 0.1) is 12.8 Å². The van der Waals surface area contributed by atoms with Gasteiger partial charge in [-0.2, -0.15) is 0 Å². The molecule has 4 heteroatoms. The fourth-order valence-corrected chi connectivity index (χ4v) is 3.11. The highest BCUT2D eigenvalue weighted by Crippen LogP contribution is 2.19. The van der Waals surface area contributed by atoms with Crippen molar-refractivity contribution < 1.29 is 4.79 Å². The van der Waals surface area contributed by atoms with Gasteiger partial charge in [0.1, 0.15) is 0 Å². The molecule has 0 aromatic heterocycles. The Balaban J connectivity index is 1.94. The lowest BCUT2D eigenvalue weighted by Gasteiger charge is -2.30. The summed E-state index contributed by atoms with van der Waals surface area (Å²) in [6, 6.07) is 8.78. The molecule has 0 spiro atoms. The zero-order chi connectivity index (χ0) is 16.1. The smallest absolute Gasteiger partial charge is 0.224 e. The summed E-state index contributed by atoms with van der Waals surface area (Å²) in [7, 11) is 6.21. The van der Waals surface area contributed by atoms with Crippen molar-refractivity contribution >= 4 is 5.91 Å². The van der Waals surface area contributed by atoms with Gasteiger partial charge in [0.2, 0.25) is 5.91 Å². The van der Waals surface area contributed by atoms with Gasteiger partial charge in [0.05, 0.1) is 12.0 Å². The maximum absolute atomic E-state index is 12.4. The molecule has 1 aliphatic rings. The standard InChI is InChI=1S/C18H29N3O/c1-14-7-9-15(10-8-14)17(20(2)3)12-19-18(22)16-6-5-11-21(4)13-16/h7-10,16-17H,5-6,11-13H2,1-4H3,(H,19,22). The van der Waals surface area contributed by atoms with Gasteiger partial charge < -0.3 is 15.1 Å². The number of likely N-dealkylation sites (tertiary alicyclic amines) is 1. The molecule has 1 fully saturated rings. The van der Waals surface area contributed by atoms with Gasteiger partial charge in [-0.25, -0.2) is 0 Å². The molecule has 1 heterocycles. The van der Waals surface area contributed by atoms with Crippen molar-refractivity contribution in [2.24, 2.45) is 5.92 Å². The third-order valence-corrected chi connectivity index (χ3v) is 4.55. The summed E-state index contributed by atoms with van der Waals surface area (Å²) in [5.41, 5.74) is 2.51. The van der Waals surface area contributed by atoms with Crippen molar-refractivity contribution in [2.75, 3.05) is 40.8 Å². The van der Waals surface area contributed by atoms with Crippen LogP contribution in [0.1, 0.15) is 30.0 Å². The van der Waals surface area contributed by atoms with Crippen LogP contribution in [0.25, 0.3) is 0 Å². The van der Waals surface area contributed by atoms with E-state index in [9.17, 15) is 4.79 Å². The molecule has 1 aliphatic heterocycles. The predicted molar refractivity (Wildman–Crippen MR) is 90.8 cm³/mol. The number of hydrogen-bond acceptors (Lipinski definition) is 3. The largest absolute Gasteiger partial charge is 0.354 e. The van der Waals surface area contributed by atoms with Crippen LogP contribution in [0.3, 0.4) is 0 Å². The summed E-state index contributed by atoms with van der Waals surface area (Å²) in [4.78, 5) is 16.8. The first-order valence-corrected chi connectivity index (χ1v) is 8.16. The quantitative estimate of drug-likeness (QED) is 0.904. The van der Waals surface area contributed by atoms with E-state index in [1.165, 1.54) is 11.1 Å². The molecule has 0 aliphatic carbocycles. The minimum Gasteiger partial charge on any atom is -0.354 e. The summed E-state index contributed by atoms with van der Waals surface area (Å²) in [6.07, 6.45) is 2.12. The molecule has 0 radical (unpaired) electrons. The zero-order valence-corrected chi connectivity index (χ0v) is 14.3. The van der Waals surface area contributed by atoms with Gasteiger partial charge in [-0.15, -0.1) is 0 Å². The topological polar surface area (TPSA) is 35.6 Å². The van der Waals surface area contributed by atoms with E-state index in [0.29, 0.717) is 6.54 Å². The van der Waals surface area contributed by atoms with E-state index in [0.717, 1.165) is 25.9 Å². The van der Waals surface area contributed by atoms with Crippen molar-refractivity contribution in [1.82, 2.24) is 15.1 Å². The van der Waals surface area contributed by atoms with E-state index in [1.807, 2.05) is 0 Å². The van der Waals surface area contributed by atoms with Crippen LogP contribution in [-0.4, -0.2) is 56.5 Å². The number of carbonyl (C=O) groups is 1. The van der Waals surface area contributed by atoms with Gasteiger partial charge in [-0.1, -0.05) is 29.8 Å². The second-order valence-corrected chi connectivity index (χ2v) is 6.74. The number of rotatable bonds is 5. The Morgan fingerprint density at radius 1 is 1.36 bits per heavy atom. The number of piperidine rings is 1. The van der Waals surface area contributed by atoms with Crippen LogP contribution in [0.5, 0.6) is 0 Å². The fraction of sp³-hybridized carbons (Fsp3) is 0.611. The van der Waals surface area contributed by atoms with Gasteiger partial charge in [0, 0.05) is 13.1 Å². The maximum atomic E-state index is 12.4. The molecule has 0 saturated carbocycles. The lowest BCUT2D eigenvalue weighted by Crippen LogP contribution is -2.43. The molecule has 2 atom stereocenters. The molecule has 2 rings (SSSR count). The van der Waals surface area contributed by atoms with E-state index in [2.05, 4.69) is 67.4 Å². The van der Waals surface area contributed by atoms with E-state index in [4.69, 9.17) is 0 Å². The first-order valence-electron chi connectivity index (χ1n) is 8.16. The summed E-state index contributed by atoms with van der Waals surface area (Å²) in [5.74, 6) is 0.338. The Labute approximate surface area is 134 Å². The van der Waals surface area contributed by atoms with Gasteiger partial charge in [0.25, 0.3) is 0 Å². The van der Waals surface area contributed by atoms with Crippen molar-refractivity contribution in [3.63, 3.8) is 0 Å². The number of likely N-dealkylation sites (N-methyl/N-ethyl adjacent to an activating group) is 1. The molecular weight excluding hydrogens is 274 g/mol. The van der Waals surface area contributed by atoms with Crippen molar-refractivity contribution in [3.05, 3.63) is 35.4 Å². The van der Waals surface area contributed by atoms with Gasteiger partial charge in [0.15, 0.2) is 0 Å². The second kappa shape index (κ2) is 7.75. The lowest BCUT2D eigenvalue weighted by molar-refractivity contribution is -0.126. The zero-order valence-electron chi connectivity index (χ0n) is 14.3. The number of hydrogen-bond donors (Lipinski definition) is 1. The van der Waals surface area contributed by atoms with Gasteiger partial charge >= 0.3 is 0 Å². The summed E-state index contributed by atoms with van der Waals surface area (Å²) in [5, 5.41) is 3.16. The van der Waals surface area contributed by atoms with Gasteiger partial charge in [-0.3, -0.25) is 4.79 Å². The highest BCUT2D eigenvalue weighted by molar-refractivity contribution is 5.79. The van der Waals surface area contributed by atoms with E-state index in [-0.39, 0.29) is 17.9 Å². The Hall–Kier alpha value is -1.39. The SMILES string of the molecule is Cc1ccc(C(CNC(=O)C2CCCN(C)C2)N(C)C)cc1. The third kappa shape index (κ3) is 4.55. The van der Waals surface area contributed by atoms with Crippen LogP contribution in [0.15, 0.2) is 24.3 Å². The first-order chi connectivity index (χ1) is 10.5. The third-order valence-electron chi connectivity index (χ3n) is 4.55. The number of amides is 1. The first kappa shape index (κ1) is 17.0. The molecule has 4 nitrogen and oxygen atoms in total.